The van der Waals surface area contributed by atoms with E-state index in [2.05, 4.69) is 35.0 Å². The lowest BCUT2D eigenvalue weighted by molar-refractivity contribution is 0.0782. The van der Waals surface area contributed by atoms with E-state index in [-0.39, 0.29) is 11.5 Å². The predicted molar refractivity (Wildman–Crippen MR) is 132 cm³/mol. The Hall–Kier alpha value is -2.86. The fourth-order valence-electron chi connectivity index (χ4n) is 5.13. The number of hydrogen-bond acceptors (Lipinski definition) is 4. The highest BCUT2D eigenvalue weighted by atomic mass is 16.5. The molecule has 0 spiro atoms. The van der Waals surface area contributed by atoms with Crippen molar-refractivity contribution in [1.29, 1.82) is 0 Å². The summed E-state index contributed by atoms with van der Waals surface area (Å²) in [4.78, 5) is 33.4. The topological polar surface area (TPSA) is 65.6 Å². The summed E-state index contributed by atoms with van der Waals surface area (Å²) in [6.45, 7) is 6.83. The minimum absolute atomic E-state index is 0.0465. The molecule has 1 saturated heterocycles. The Labute approximate surface area is 196 Å². The van der Waals surface area contributed by atoms with E-state index in [4.69, 9.17) is 4.74 Å². The minimum Gasteiger partial charge on any atom is -0.381 e. The number of fused-ring (bicyclic) bond motifs is 2. The van der Waals surface area contributed by atoms with Crippen LogP contribution in [0, 0.1) is 6.92 Å². The summed E-state index contributed by atoms with van der Waals surface area (Å²) in [6, 6.07) is 8.51. The molecule has 1 aromatic heterocycles. The van der Waals surface area contributed by atoms with Gasteiger partial charge in [0.15, 0.2) is 0 Å². The number of H-pyrrole nitrogens is 1. The second-order valence-corrected chi connectivity index (χ2v) is 9.09. The highest BCUT2D eigenvalue weighted by molar-refractivity contribution is 5.97. The van der Waals surface area contributed by atoms with Crippen molar-refractivity contribution in [3.63, 3.8) is 0 Å². The number of pyridine rings is 1. The van der Waals surface area contributed by atoms with Gasteiger partial charge in [0, 0.05) is 55.4 Å². The zero-order valence-corrected chi connectivity index (χ0v) is 20.0. The van der Waals surface area contributed by atoms with Gasteiger partial charge in [0.2, 0.25) is 0 Å². The quantitative estimate of drug-likeness (QED) is 0.720. The Morgan fingerprint density at radius 2 is 1.94 bits per heavy atom. The Balaban J connectivity index is 1.75. The van der Waals surface area contributed by atoms with Crippen LogP contribution in [0.3, 0.4) is 0 Å². The average Bonchev–Trinajstić information content (AvgIpc) is 2.81. The maximum atomic E-state index is 13.6. The molecule has 1 N–H and O–H groups in total. The van der Waals surface area contributed by atoms with E-state index in [1.807, 2.05) is 25.1 Å². The Kier molecular flexibility index (Phi) is 7.33. The molecule has 6 nitrogen and oxygen atoms in total. The monoisotopic (exact) mass is 449 g/mol. The second kappa shape index (κ2) is 10.4. The van der Waals surface area contributed by atoms with E-state index >= 15 is 0 Å². The summed E-state index contributed by atoms with van der Waals surface area (Å²) in [5, 5.41) is 0. The molecule has 0 atom stereocenters. The number of carbonyl (C=O) groups excluding carboxylic acids is 1. The number of nitrogens with one attached hydrogen (secondary N) is 1. The van der Waals surface area contributed by atoms with Crippen LogP contribution in [0.25, 0.3) is 0 Å². The fourth-order valence-corrected chi connectivity index (χ4v) is 5.13. The van der Waals surface area contributed by atoms with E-state index < -0.39 is 0 Å². The van der Waals surface area contributed by atoms with Crippen molar-refractivity contribution in [2.75, 3.05) is 31.7 Å². The Bertz CT molecular complexity index is 1080. The SMILES string of the molecule is CCN(c1cccc2c1C/C=C/CCc1cc(C)[nH]c(=O)c1CN(C)C2=O)C1CCOCC1. The van der Waals surface area contributed by atoms with Crippen molar-refractivity contribution < 1.29 is 9.53 Å². The van der Waals surface area contributed by atoms with E-state index in [1.165, 1.54) is 0 Å². The first-order valence-corrected chi connectivity index (χ1v) is 12.1. The lowest BCUT2D eigenvalue weighted by Gasteiger charge is -2.37. The van der Waals surface area contributed by atoms with Crippen LogP contribution in [-0.2, 0) is 24.1 Å². The van der Waals surface area contributed by atoms with Crippen LogP contribution in [0.1, 0.15) is 58.9 Å². The first-order chi connectivity index (χ1) is 16.0. The number of rotatable bonds is 3. The minimum atomic E-state index is -0.101. The number of hydrogen-bond donors (Lipinski definition) is 1. The summed E-state index contributed by atoms with van der Waals surface area (Å²) >= 11 is 0. The highest BCUT2D eigenvalue weighted by Gasteiger charge is 2.26. The van der Waals surface area contributed by atoms with E-state index in [9.17, 15) is 9.59 Å². The van der Waals surface area contributed by atoms with E-state index in [0.29, 0.717) is 24.6 Å². The van der Waals surface area contributed by atoms with Crippen LogP contribution in [0.4, 0.5) is 5.69 Å². The smallest absolute Gasteiger partial charge is 0.254 e. The lowest BCUT2D eigenvalue weighted by atomic mass is 9.96. The molecule has 33 heavy (non-hydrogen) atoms. The van der Waals surface area contributed by atoms with Crippen LogP contribution >= 0.6 is 0 Å². The number of aromatic nitrogens is 1. The van der Waals surface area contributed by atoms with Gasteiger partial charge in [0.25, 0.3) is 11.5 Å². The summed E-state index contributed by atoms with van der Waals surface area (Å²) in [5.41, 5.74) is 5.38. The number of allylic oxidation sites excluding steroid dienone is 2. The number of ether oxygens (including phenoxy) is 1. The molecule has 2 aromatic rings. The lowest BCUT2D eigenvalue weighted by Crippen LogP contribution is -2.40. The van der Waals surface area contributed by atoms with Gasteiger partial charge in [-0.1, -0.05) is 18.2 Å². The number of benzene rings is 1. The molecule has 176 valence electrons. The number of anilines is 1. The van der Waals surface area contributed by atoms with Gasteiger partial charge >= 0.3 is 0 Å². The maximum Gasteiger partial charge on any atom is 0.254 e. The van der Waals surface area contributed by atoms with Crippen molar-refractivity contribution in [3.05, 3.63) is 74.7 Å². The number of aryl methyl sites for hydroxylation is 2. The predicted octanol–water partition coefficient (Wildman–Crippen LogP) is 4.01. The number of nitrogens with zero attached hydrogens (tertiary/aromatic N) is 2. The first-order valence-electron chi connectivity index (χ1n) is 12.1. The third-order valence-corrected chi connectivity index (χ3v) is 6.84. The Morgan fingerprint density at radius 1 is 1.15 bits per heavy atom. The van der Waals surface area contributed by atoms with Gasteiger partial charge in [0.1, 0.15) is 0 Å². The van der Waals surface area contributed by atoms with Gasteiger partial charge in [-0.15, -0.1) is 0 Å². The zero-order valence-electron chi connectivity index (χ0n) is 20.0. The molecule has 1 amide bonds. The molecule has 0 radical (unpaired) electrons. The molecule has 1 fully saturated rings. The van der Waals surface area contributed by atoms with Gasteiger partial charge in [-0.3, -0.25) is 9.59 Å². The second-order valence-electron chi connectivity index (χ2n) is 9.09. The summed E-state index contributed by atoms with van der Waals surface area (Å²) < 4.78 is 5.59. The Morgan fingerprint density at radius 3 is 2.70 bits per heavy atom. The molecule has 3 heterocycles. The van der Waals surface area contributed by atoms with Crippen LogP contribution in [0.5, 0.6) is 0 Å². The molecule has 0 bridgehead atoms. The van der Waals surface area contributed by atoms with Gasteiger partial charge in [0.05, 0.1) is 6.54 Å². The normalized spacial score (nSPS) is 18.6. The average molecular weight is 450 g/mol. The molecule has 0 saturated carbocycles. The van der Waals surface area contributed by atoms with Gasteiger partial charge in [-0.2, -0.15) is 0 Å². The van der Waals surface area contributed by atoms with Crippen LogP contribution in [-0.4, -0.2) is 48.6 Å². The van der Waals surface area contributed by atoms with E-state index in [1.54, 1.807) is 11.9 Å². The highest BCUT2D eigenvalue weighted by Crippen LogP contribution is 2.30. The molecular formula is C27H35N3O3. The van der Waals surface area contributed by atoms with Gasteiger partial charge in [-0.25, -0.2) is 0 Å². The number of carbonyl (C=O) groups is 1. The molecule has 0 aliphatic carbocycles. The summed E-state index contributed by atoms with van der Waals surface area (Å²) in [5.74, 6) is -0.0465. The summed E-state index contributed by atoms with van der Waals surface area (Å²) in [6.07, 6.45) is 8.72. The van der Waals surface area contributed by atoms with Crippen molar-refractivity contribution in [3.8, 4) is 0 Å². The largest absolute Gasteiger partial charge is 0.381 e. The fraction of sp³-hybridized carbons (Fsp3) is 0.481. The molecule has 1 aromatic carbocycles. The summed E-state index contributed by atoms with van der Waals surface area (Å²) in [7, 11) is 1.79. The van der Waals surface area contributed by atoms with Crippen molar-refractivity contribution in [1.82, 2.24) is 9.88 Å². The molecule has 6 heteroatoms. The molecule has 4 rings (SSSR count). The van der Waals surface area contributed by atoms with Crippen molar-refractivity contribution in [2.45, 2.75) is 58.5 Å². The van der Waals surface area contributed by atoms with Crippen LogP contribution < -0.4 is 10.5 Å². The molecule has 2 aliphatic heterocycles. The van der Waals surface area contributed by atoms with E-state index in [0.717, 1.165) is 73.5 Å². The van der Waals surface area contributed by atoms with Crippen molar-refractivity contribution >= 4 is 11.6 Å². The molecule has 2 aliphatic rings. The van der Waals surface area contributed by atoms with Gasteiger partial charge in [-0.05, 0) is 75.3 Å². The molecule has 0 unspecified atom stereocenters. The van der Waals surface area contributed by atoms with Gasteiger partial charge < -0.3 is 19.5 Å². The molecular weight excluding hydrogens is 414 g/mol. The van der Waals surface area contributed by atoms with Crippen LogP contribution in [0.2, 0.25) is 0 Å². The first kappa shape index (κ1) is 23.3. The van der Waals surface area contributed by atoms with Crippen molar-refractivity contribution in [2.24, 2.45) is 0 Å². The third kappa shape index (κ3) is 5.06. The third-order valence-electron chi connectivity index (χ3n) is 6.84. The van der Waals surface area contributed by atoms with Crippen LogP contribution in [0.15, 0.2) is 41.2 Å². The number of aromatic amines is 1. The maximum absolute atomic E-state index is 13.6. The zero-order chi connectivity index (χ0) is 23.4. The standard InChI is InChI=1S/C27H35N3O3/c1-4-30(21-13-15-33-16-14-21)25-12-8-11-23-22(25)10-7-5-6-9-20-17-19(2)28-26(31)24(20)18-29(3)27(23)32/h5,7-8,11-12,17,21H,4,6,9-10,13-16,18H2,1-3H3,(H,28,31)/b7-5+. The number of amides is 1.